The first-order valence-electron chi connectivity index (χ1n) is 4.44. The number of carboxylic acid groups (broad SMARTS) is 1. The number of aliphatic carboxylic acids is 1. The zero-order chi connectivity index (χ0) is 10.9. The van der Waals surface area contributed by atoms with Gasteiger partial charge in [0.15, 0.2) is 0 Å². The van der Waals surface area contributed by atoms with E-state index in [1.165, 1.54) is 0 Å². The average molecular weight is 198 g/mol. The molecular formula is C10H14O4. The minimum absolute atomic E-state index is 0.0425. The van der Waals surface area contributed by atoms with Crippen LogP contribution in [0, 0.1) is 5.92 Å². The molecule has 0 bridgehead atoms. The molecule has 0 aromatic heterocycles. The van der Waals surface area contributed by atoms with E-state index in [1.54, 1.807) is 13.8 Å². The molecule has 1 aliphatic heterocycles. The molecule has 14 heavy (non-hydrogen) atoms. The zero-order valence-electron chi connectivity index (χ0n) is 8.37. The van der Waals surface area contributed by atoms with Crippen LogP contribution in [0.25, 0.3) is 0 Å². The van der Waals surface area contributed by atoms with Crippen LogP contribution in [0.15, 0.2) is 12.2 Å². The van der Waals surface area contributed by atoms with Crippen molar-refractivity contribution in [2.24, 2.45) is 5.92 Å². The van der Waals surface area contributed by atoms with E-state index < -0.39 is 23.5 Å². The van der Waals surface area contributed by atoms with Gasteiger partial charge in [-0.25, -0.2) is 0 Å². The van der Waals surface area contributed by atoms with Crippen molar-refractivity contribution in [3.05, 3.63) is 12.2 Å². The van der Waals surface area contributed by atoms with Crippen molar-refractivity contribution < 1.29 is 19.4 Å². The standard InChI is InChI=1S/C10H14O4/c1-6(2)5-10(3)7(9(12)13)4-8(11)14-10/h7H,1,4-5H2,2-3H3,(H,12,13)/t7-,10+/m0/s1. The highest BCUT2D eigenvalue weighted by Gasteiger charge is 2.49. The first-order chi connectivity index (χ1) is 6.35. The summed E-state index contributed by atoms with van der Waals surface area (Å²) in [4.78, 5) is 21.9. The summed E-state index contributed by atoms with van der Waals surface area (Å²) >= 11 is 0. The van der Waals surface area contributed by atoms with E-state index in [0.717, 1.165) is 5.57 Å². The van der Waals surface area contributed by atoms with Crippen LogP contribution in [0.5, 0.6) is 0 Å². The van der Waals surface area contributed by atoms with E-state index in [-0.39, 0.29) is 6.42 Å². The summed E-state index contributed by atoms with van der Waals surface area (Å²) in [5.41, 5.74) is -0.108. The summed E-state index contributed by atoms with van der Waals surface area (Å²) < 4.78 is 5.05. The molecular weight excluding hydrogens is 184 g/mol. The van der Waals surface area contributed by atoms with Gasteiger partial charge in [-0.2, -0.15) is 0 Å². The number of carbonyl (C=O) groups is 2. The van der Waals surface area contributed by atoms with Crippen LogP contribution in [-0.4, -0.2) is 22.6 Å². The van der Waals surface area contributed by atoms with Crippen molar-refractivity contribution in [3.8, 4) is 0 Å². The molecule has 1 fully saturated rings. The summed E-state index contributed by atoms with van der Waals surface area (Å²) in [5, 5.41) is 8.92. The average Bonchev–Trinajstić information content (AvgIpc) is 2.23. The molecule has 2 atom stereocenters. The Hall–Kier alpha value is -1.32. The van der Waals surface area contributed by atoms with E-state index in [9.17, 15) is 9.59 Å². The minimum atomic E-state index is -0.986. The molecule has 1 aliphatic rings. The van der Waals surface area contributed by atoms with Crippen LogP contribution in [-0.2, 0) is 14.3 Å². The van der Waals surface area contributed by atoms with Crippen molar-refractivity contribution in [2.75, 3.05) is 0 Å². The third-order valence-corrected chi connectivity index (χ3v) is 2.41. The van der Waals surface area contributed by atoms with Crippen molar-refractivity contribution in [2.45, 2.75) is 32.3 Å². The molecule has 1 N–H and O–H groups in total. The quantitative estimate of drug-likeness (QED) is 0.549. The Balaban J connectivity index is 2.88. The van der Waals surface area contributed by atoms with E-state index >= 15 is 0 Å². The number of cyclic esters (lactones) is 1. The lowest BCUT2D eigenvalue weighted by Crippen LogP contribution is -2.36. The molecule has 4 nitrogen and oxygen atoms in total. The van der Waals surface area contributed by atoms with E-state index in [2.05, 4.69) is 6.58 Å². The lowest BCUT2D eigenvalue weighted by Gasteiger charge is -2.26. The van der Waals surface area contributed by atoms with Gasteiger partial charge in [-0.1, -0.05) is 12.2 Å². The normalized spacial score (nSPS) is 31.3. The first-order valence-corrected chi connectivity index (χ1v) is 4.44. The molecule has 0 unspecified atom stereocenters. The van der Waals surface area contributed by atoms with Crippen molar-refractivity contribution in [3.63, 3.8) is 0 Å². The molecule has 1 rings (SSSR count). The number of carbonyl (C=O) groups excluding carboxylic acids is 1. The van der Waals surface area contributed by atoms with Gasteiger partial charge in [0.25, 0.3) is 0 Å². The fourth-order valence-corrected chi connectivity index (χ4v) is 1.86. The smallest absolute Gasteiger partial charge is 0.311 e. The maximum atomic E-state index is 11.0. The molecule has 0 aliphatic carbocycles. The van der Waals surface area contributed by atoms with Crippen LogP contribution < -0.4 is 0 Å². The molecule has 0 saturated carbocycles. The maximum absolute atomic E-state index is 11.0. The van der Waals surface area contributed by atoms with Gasteiger partial charge in [-0.05, 0) is 13.8 Å². The van der Waals surface area contributed by atoms with Crippen LogP contribution in [0.3, 0.4) is 0 Å². The zero-order valence-corrected chi connectivity index (χ0v) is 8.37. The lowest BCUT2D eigenvalue weighted by molar-refractivity contribution is -0.152. The van der Waals surface area contributed by atoms with E-state index in [0.29, 0.717) is 6.42 Å². The molecule has 1 saturated heterocycles. The maximum Gasteiger partial charge on any atom is 0.311 e. The Labute approximate surface area is 82.6 Å². The van der Waals surface area contributed by atoms with Gasteiger partial charge in [0.1, 0.15) is 11.5 Å². The fourth-order valence-electron chi connectivity index (χ4n) is 1.86. The number of carboxylic acids is 1. The van der Waals surface area contributed by atoms with Crippen LogP contribution >= 0.6 is 0 Å². The molecule has 0 amide bonds. The summed E-state index contributed by atoms with van der Waals surface area (Å²) in [7, 11) is 0. The SMILES string of the molecule is C=C(C)C[C@@]1(C)OC(=O)C[C@H]1C(=O)O. The number of hydrogen-bond acceptors (Lipinski definition) is 3. The second kappa shape index (κ2) is 3.44. The van der Waals surface area contributed by atoms with E-state index in [4.69, 9.17) is 9.84 Å². The Bertz CT molecular complexity index is 294. The molecule has 0 spiro atoms. The van der Waals surface area contributed by atoms with Gasteiger partial charge in [0.2, 0.25) is 0 Å². The summed E-state index contributed by atoms with van der Waals surface area (Å²) in [6.07, 6.45) is 0.356. The summed E-state index contributed by atoms with van der Waals surface area (Å²) in [6.45, 7) is 7.13. The Morgan fingerprint density at radius 2 is 2.36 bits per heavy atom. The molecule has 4 heteroatoms. The molecule has 0 aromatic rings. The summed E-state index contributed by atoms with van der Waals surface area (Å²) in [6, 6.07) is 0. The number of ether oxygens (including phenoxy) is 1. The van der Waals surface area contributed by atoms with Crippen molar-refractivity contribution in [1.29, 1.82) is 0 Å². The Kier molecular flexibility index (Phi) is 2.64. The van der Waals surface area contributed by atoms with Gasteiger partial charge in [-0.15, -0.1) is 0 Å². The Morgan fingerprint density at radius 3 is 2.79 bits per heavy atom. The third-order valence-electron chi connectivity index (χ3n) is 2.41. The van der Waals surface area contributed by atoms with Crippen LogP contribution in [0.2, 0.25) is 0 Å². The number of esters is 1. The highest BCUT2D eigenvalue weighted by atomic mass is 16.6. The van der Waals surface area contributed by atoms with Gasteiger partial charge >= 0.3 is 11.9 Å². The highest BCUT2D eigenvalue weighted by molar-refractivity contribution is 5.83. The monoisotopic (exact) mass is 198 g/mol. The highest BCUT2D eigenvalue weighted by Crippen LogP contribution is 2.37. The predicted molar refractivity (Wildman–Crippen MR) is 49.7 cm³/mol. The van der Waals surface area contributed by atoms with Gasteiger partial charge in [0.05, 0.1) is 6.42 Å². The van der Waals surface area contributed by atoms with E-state index in [1.807, 2.05) is 0 Å². The largest absolute Gasteiger partial charge is 0.481 e. The van der Waals surface area contributed by atoms with Crippen LogP contribution in [0.4, 0.5) is 0 Å². The molecule has 0 aromatic carbocycles. The Morgan fingerprint density at radius 1 is 1.79 bits per heavy atom. The topological polar surface area (TPSA) is 63.6 Å². The predicted octanol–water partition coefficient (Wildman–Crippen LogP) is 1.36. The fraction of sp³-hybridized carbons (Fsp3) is 0.600. The molecule has 1 heterocycles. The first kappa shape index (κ1) is 10.8. The van der Waals surface area contributed by atoms with Gasteiger partial charge < -0.3 is 9.84 Å². The van der Waals surface area contributed by atoms with Gasteiger partial charge in [-0.3, -0.25) is 9.59 Å². The van der Waals surface area contributed by atoms with Gasteiger partial charge in [0, 0.05) is 6.42 Å². The number of rotatable bonds is 3. The number of hydrogen-bond donors (Lipinski definition) is 1. The molecule has 0 radical (unpaired) electrons. The lowest BCUT2D eigenvalue weighted by atomic mass is 9.84. The third kappa shape index (κ3) is 1.95. The molecule has 78 valence electrons. The van der Waals surface area contributed by atoms with Crippen molar-refractivity contribution in [1.82, 2.24) is 0 Å². The van der Waals surface area contributed by atoms with Crippen LogP contribution in [0.1, 0.15) is 26.7 Å². The second-order valence-corrected chi connectivity index (χ2v) is 4.02. The summed E-state index contributed by atoms with van der Waals surface area (Å²) in [5.74, 6) is -2.19. The van der Waals surface area contributed by atoms with Crippen molar-refractivity contribution >= 4 is 11.9 Å². The second-order valence-electron chi connectivity index (χ2n) is 4.02. The minimum Gasteiger partial charge on any atom is -0.481 e.